The van der Waals surface area contributed by atoms with Gasteiger partial charge in [-0.15, -0.1) is 0 Å². The molecule has 1 atom stereocenters. The van der Waals surface area contributed by atoms with Crippen molar-refractivity contribution >= 4 is 28.3 Å². The monoisotopic (exact) mass is 257 g/mol. The Kier molecular flexibility index (Phi) is 3.51. The fraction of sp³-hybridized carbons (Fsp3) is 0.200. The van der Waals surface area contributed by atoms with Crippen LogP contribution in [0.5, 0.6) is 0 Å². The minimum Gasteiger partial charge on any atom is -0.480 e. The standard InChI is InChI=1S/C15H15NO3/c1-10(15(18)19)16(11(2)17)14-8-7-12-5-3-4-6-13(12)9-14/h3-10H,1-2H3,(H,18,19)/t10-/m0/s1. The second-order valence-corrected chi connectivity index (χ2v) is 4.43. The lowest BCUT2D eigenvalue weighted by molar-refractivity contribution is -0.139. The first-order chi connectivity index (χ1) is 9.00. The van der Waals surface area contributed by atoms with Gasteiger partial charge in [-0.05, 0) is 29.8 Å². The van der Waals surface area contributed by atoms with Crippen molar-refractivity contribution in [2.75, 3.05) is 4.90 Å². The van der Waals surface area contributed by atoms with Crippen LogP contribution in [0.2, 0.25) is 0 Å². The maximum Gasteiger partial charge on any atom is 0.326 e. The number of hydrogen-bond donors (Lipinski definition) is 1. The molecular weight excluding hydrogens is 242 g/mol. The van der Waals surface area contributed by atoms with Gasteiger partial charge in [0.15, 0.2) is 0 Å². The Hall–Kier alpha value is -2.36. The molecule has 1 N–H and O–H groups in total. The number of amides is 1. The van der Waals surface area contributed by atoms with E-state index in [1.807, 2.05) is 36.4 Å². The number of carbonyl (C=O) groups excluding carboxylic acids is 1. The van der Waals surface area contributed by atoms with Gasteiger partial charge in [0.25, 0.3) is 0 Å². The highest BCUT2D eigenvalue weighted by Gasteiger charge is 2.24. The summed E-state index contributed by atoms with van der Waals surface area (Å²) in [5.41, 5.74) is 0.598. The molecule has 2 rings (SSSR count). The Morgan fingerprint density at radius 3 is 2.32 bits per heavy atom. The van der Waals surface area contributed by atoms with Gasteiger partial charge in [0.1, 0.15) is 6.04 Å². The van der Waals surface area contributed by atoms with E-state index in [-0.39, 0.29) is 5.91 Å². The van der Waals surface area contributed by atoms with Crippen molar-refractivity contribution in [2.24, 2.45) is 0 Å². The van der Waals surface area contributed by atoms with E-state index < -0.39 is 12.0 Å². The summed E-state index contributed by atoms with van der Waals surface area (Å²) < 4.78 is 0. The molecule has 0 heterocycles. The third-order valence-corrected chi connectivity index (χ3v) is 3.10. The Morgan fingerprint density at radius 1 is 1.11 bits per heavy atom. The van der Waals surface area contributed by atoms with E-state index in [0.717, 1.165) is 10.8 Å². The number of rotatable bonds is 3. The van der Waals surface area contributed by atoms with Gasteiger partial charge in [0, 0.05) is 12.6 Å². The molecule has 2 aromatic carbocycles. The second kappa shape index (κ2) is 5.10. The zero-order valence-electron chi connectivity index (χ0n) is 10.8. The third kappa shape index (κ3) is 2.57. The van der Waals surface area contributed by atoms with Crippen LogP contribution < -0.4 is 4.90 Å². The highest BCUT2D eigenvalue weighted by atomic mass is 16.4. The van der Waals surface area contributed by atoms with Crippen LogP contribution in [0.15, 0.2) is 42.5 Å². The third-order valence-electron chi connectivity index (χ3n) is 3.10. The topological polar surface area (TPSA) is 57.6 Å². The highest BCUT2D eigenvalue weighted by Crippen LogP contribution is 2.23. The first kappa shape index (κ1) is 13.1. The molecule has 4 heteroatoms. The Labute approximate surface area is 111 Å². The molecule has 0 aliphatic carbocycles. The molecule has 0 saturated carbocycles. The molecule has 0 unspecified atom stereocenters. The fourth-order valence-electron chi connectivity index (χ4n) is 2.12. The predicted octanol–water partition coefficient (Wildman–Crippen LogP) is 2.67. The number of benzene rings is 2. The largest absolute Gasteiger partial charge is 0.480 e. The predicted molar refractivity (Wildman–Crippen MR) is 74.2 cm³/mol. The molecule has 4 nitrogen and oxygen atoms in total. The zero-order valence-corrected chi connectivity index (χ0v) is 10.8. The number of carboxylic acid groups (broad SMARTS) is 1. The molecule has 0 saturated heterocycles. The average molecular weight is 257 g/mol. The molecule has 0 aliphatic heterocycles. The molecule has 0 fully saturated rings. The lowest BCUT2D eigenvalue weighted by atomic mass is 10.1. The summed E-state index contributed by atoms with van der Waals surface area (Å²) >= 11 is 0. The van der Waals surface area contributed by atoms with Crippen molar-refractivity contribution in [1.29, 1.82) is 0 Å². The van der Waals surface area contributed by atoms with Crippen LogP contribution in [-0.4, -0.2) is 23.0 Å². The average Bonchev–Trinajstić information content (AvgIpc) is 2.38. The number of anilines is 1. The van der Waals surface area contributed by atoms with Gasteiger partial charge in [-0.3, -0.25) is 9.69 Å². The van der Waals surface area contributed by atoms with E-state index in [9.17, 15) is 9.59 Å². The van der Waals surface area contributed by atoms with Gasteiger partial charge < -0.3 is 5.11 Å². The van der Waals surface area contributed by atoms with Crippen molar-refractivity contribution < 1.29 is 14.7 Å². The van der Waals surface area contributed by atoms with Crippen LogP contribution in [0, 0.1) is 0 Å². The summed E-state index contributed by atoms with van der Waals surface area (Å²) in [6.07, 6.45) is 0. The van der Waals surface area contributed by atoms with Crippen LogP contribution in [-0.2, 0) is 9.59 Å². The molecule has 0 spiro atoms. The van der Waals surface area contributed by atoms with E-state index in [1.54, 1.807) is 6.07 Å². The highest BCUT2D eigenvalue weighted by molar-refractivity contribution is 5.99. The minimum absolute atomic E-state index is 0.287. The van der Waals surface area contributed by atoms with Gasteiger partial charge in [-0.25, -0.2) is 4.79 Å². The Balaban J connectivity index is 2.50. The molecular formula is C15H15NO3. The van der Waals surface area contributed by atoms with Crippen molar-refractivity contribution in [1.82, 2.24) is 0 Å². The van der Waals surface area contributed by atoms with Crippen LogP contribution in [0.4, 0.5) is 5.69 Å². The van der Waals surface area contributed by atoms with E-state index >= 15 is 0 Å². The zero-order chi connectivity index (χ0) is 14.0. The number of carboxylic acids is 1. The second-order valence-electron chi connectivity index (χ2n) is 4.43. The molecule has 0 aromatic heterocycles. The lowest BCUT2D eigenvalue weighted by Crippen LogP contribution is -2.42. The molecule has 98 valence electrons. The summed E-state index contributed by atoms with van der Waals surface area (Å²) in [5.74, 6) is -1.31. The SMILES string of the molecule is CC(=O)N(c1ccc2ccccc2c1)[C@@H](C)C(=O)O. The quantitative estimate of drug-likeness (QED) is 0.919. The van der Waals surface area contributed by atoms with Gasteiger partial charge in [0.05, 0.1) is 0 Å². The van der Waals surface area contributed by atoms with Gasteiger partial charge >= 0.3 is 5.97 Å². The van der Waals surface area contributed by atoms with Crippen LogP contribution in [0.25, 0.3) is 10.8 Å². The van der Waals surface area contributed by atoms with E-state index in [4.69, 9.17) is 5.11 Å². The molecule has 0 bridgehead atoms. The van der Waals surface area contributed by atoms with E-state index in [0.29, 0.717) is 5.69 Å². The fourth-order valence-corrected chi connectivity index (χ4v) is 2.12. The summed E-state index contributed by atoms with van der Waals surface area (Å²) in [5, 5.41) is 11.1. The Morgan fingerprint density at radius 2 is 1.74 bits per heavy atom. The number of aliphatic carboxylic acids is 1. The van der Waals surface area contributed by atoms with Crippen molar-refractivity contribution in [3.63, 3.8) is 0 Å². The van der Waals surface area contributed by atoms with Crippen molar-refractivity contribution in [3.8, 4) is 0 Å². The normalized spacial score (nSPS) is 12.1. The summed E-state index contributed by atoms with van der Waals surface area (Å²) in [4.78, 5) is 24.1. The van der Waals surface area contributed by atoms with Crippen LogP contribution >= 0.6 is 0 Å². The summed E-state index contributed by atoms with van der Waals surface area (Å²) in [7, 11) is 0. The van der Waals surface area contributed by atoms with Crippen LogP contribution in [0.3, 0.4) is 0 Å². The number of fused-ring (bicyclic) bond motifs is 1. The van der Waals surface area contributed by atoms with Gasteiger partial charge in [-0.2, -0.15) is 0 Å². The number of nitrogens with zero attached hydrogens (tertiary/aromatic N) is 1. The van der Waals surface area contributed by atoms with Gasteiger partial charge in [0.2, 0.25) is 5.91 Å². The molecule has 19 heavy (non-hydrogen) atoms. The first-order valence-electron chi connectivity index (χ1n) is 6.02. The molecule has 0 aliphatic rings. The van der Waals surface area contributed by atoms with Gasteiger partial charge in [-0.1, -0.05) is 30.3 Å². The molecule has 2 aromatic rings. The number of hydrogen-bond acceptors (Lipinski definition) is 2. The Bertz CT molecular complexity index is 636. The number of carbonyl (C=O) groups is 2. The summed E-state index contributed by atoms with van der Waals surface area (Å²) in [6, 6.07) is 12.3. The van der Waals surface area contributed by atoms with Crippen molar-refractivity contribution in [2.45, 2.75) is 19.9 Å². The molecule has 0 radical (unpaired) electrons. The van der Waals surface area contributed by atoms with Crippen molar-refractivity contribution in [3.05, 3.63) is 42.5 Å². The minimum atomic E-state index is -1.02. The molecule has 1 amide bonds. The van der Waals surface area contributed by atoms with Crippen LogP contribution in [0.1, 0.15) is 13.8 Å². The smallest absolute Gasteiger partial charge is 0.326 e. The first-order valence-corrected chi connectivity index (χ1v) is 6.02. The van der Waals surface area contributed by atoms with E-state index in [1.165, 1.54) is 18.7 Å². The lowest BCUT2D eigenvalue weighted by Gasteiger charge is -2.25. The van der Waals surface area contributed by atoms with E-state index in [2.05, 4.69) is 0 Å². The maximum atomic E-state index is 11.7. The maximum absolute atomic E-state index is 11.7. The summed E-state index contributed by atoms with van der Waals surface area (Å²) in [6.45, 7) is 2.87.